The highest BCUT2D eigenvalue weighted by Crippen LogP contribution is 2.26. The molecule has 3 rings (SSSR count). The molecule has 1 atom stereocenters. The standard InChI is InChI=1S/C22H26N2O2/c1-2-3-4-9-22(25)26-21(12-14-24-15-13-23-17-24)20-11-10-18-7-5-6-8-19(18)16-20/h5-8,10-11,13,15-17,21H,2-4,9,12,14H2,1H3. The van der Waals surface area contributed by atoms with E-state index in [2.05, 4.69) is 42.2 Å². The van der Waals surface area contributed by atoms with Crippen molar-refractivity contribution < 1.29 is 9.53 Å². The summed E-state index contributed by atoms with van der Waals surface area (Å²) in [5, 5.41) is 2.36. The third kappa shape index (κ3) is 4.94. The number of aryl methyl sites for hydroxylation is 1. The molecule has 3 aromatic rings. The molecule has 0 fully saturated rings. The van der Waals surface area contributed by atoms with Crippen molar-refractivity contribution in [3.63, 3.8) is 0 Å². The molecule has 0 aliphatic rings. The summed E-state index contributed by atoms with van der Waals surface area (Å²) in [5.74, 6) is -0.109. The zero-order valence-electron chi connectivity index (χ0n) is 15.3. The van der Waals surface area contributed by atoms with E-state index < -0.39 is 0 Å². The van der Waals surface area contributed by atoms with E-state index in [1.165, 1.54) is 10.8 Å². The molecular weight excluding hydrogens is 324 g/mol. The van der Waals surface area contributed by atoms with Crippen LogP contribution < -0.4 is 0 Å². The van der Waals surface area contributed by atoms with E-state index in [0.29, 0.717) is 6.42 Å². The molecule has 0 amide bonds. The molecule has 1 aromatic heterocycles. The first-order chi connectivity index (χ1) is 12.8. The van der Waals surface area contributed by atoms with E-state index in [1.54, 1.807) is 12.5 Å². The van der Waals surface area contributed by atoms with Gasteiger partial charge in [0.2, 0.25) is 0 Å². The van der Waals surface area contributed by atoms with Crippen molar-refractivity contribution >= 4 is 16.7 Å². The molecule has 4 nitrogen and oxygen atoms in total. The molecule has 0 radical (unpaired) electrons. The number of fused-ring (bicyclic) bond motifs is 1. The average molecular weight is 350 g/mol. The number of hydrogen-bond donors (Lipinski definition) is 0. The average Bonchev–Trinajstić information content (AvgIpc) is 3.18. The van der Waals surface area contributed by atoms with Gasteiger partial charge < -0.3 is 9.30 Å². The lowest BCUT2D eigenvalue weighted by Crippen LogP contribution is -2.13. The van der Waals surface area contributed by atoms with Gasteiger partial charge in [0.05, 0.1) is 6.33 Å². The van der Waals surface area contributed by atoms with Crippen LogP contribution in [0.3, 0.4) is 0 Å². The van der Waals surface area contributed by atoms with Crippen LogP contribution in [0, 0.1) is 0 Å². The number of unbranched alkanes of at least 4 members (excludes halogenated alkanes) is 2. The molecule has 26 heavy (non-hydrogen) atoms. The highest BCUT2D eigenvalue weighted by atomic mass is 16.5. The molecule has 0 aliphatic carbocycles. The Bertz CT molecular complexity index is 827. The number of nitrogens with zero attached hydrogens (tertiary/aromatic N) is 2. The van der Waals surface area contributed by atoms with Gasteiger partial charge in [0.15, 0.2) is 0 Å². The molecule has 0 bridgehead atoms. The van der Waals surface area contributed by atoms with Gasteiger partial charge in [-0.2, -0.15) is 0 Å². The van der Waals surface area contributed by atoms with Crippen molar-refractivity contribution in [1.29, 1.82) is 0 Å². The molecule has 4 heteroatoms. The molecule has 0 aliphatic heterocycles. The Labute approximate surface area is 154 Å². The fourth-order valence-electron chi connectivity index (χ4n) is 3.12. The van der Waals surface area contributed by atoms with E-state index >= 15 is 0 Å². The van der Waals surface area contributed by atoms with Gasteiger partial charge in [0.1, 0.15) is 6.10 Å². The predicted octanol–water partition coefficient (Wildman–Crippen LogP) is 5.29. The van der Waals surface area contributed by atoms with Crippen molar-refractivity contribution in [3.8, 4) is 0 Å². The van der Waals surface area contributed by atoms with Crippen LogP contribution in [0.1, 0.15) is 50.7 Å². The summed E-state index contributed by atoms with van der Waals surface area (Å²) < 4.78 is 7.87. The minimum atomic E-state index is -0.240. The highest BCUT2D eigenvalue weighted by molar-refractivity contribution is 5.83. The zero-order chi connectivity index (χ0) is 18.2. The van der Waals surface area contributed by atoms with Gasteiger partial charge in [-0.15, -0.1) is 0 Å². The van der Waals surface area contributed by atoms with Crippen molar-refractivity contribution in [2.45, 2.75) is 51.7 Å². The Morgan fingerprint density at radius 2 is 2.00 bits per heavy atom. The number of esters is 1. The Hall–Kier alpha value is -2.62. The van der Waals surface area contributed by atoms with Crippen LogP contribution in [-0.4, -0.2) is 15.5 Å². The van der Waals surface area contributed by atoms with E-state index in [0.717, 1.165) is 37.8 Å². The topological polar surface area (TPSA) is 44.1 Å². The van der Waals surface area contributed by atoms with Crippen LogP contribution in [0.5, 0.6) is 0 Å². The van der Waals surface area contributed by atoms with Gasteiger partial charge in [0, 0.05) is 31.8 Å². The molecule has 1 unspecified atom stereocenters. The molecule has 0 saturated heterocycles. The summed E-state index contributed by atoms with van der Waals surface area (Å²) in [6, 6.07) is 14.5. The van der Waals surface area contributed by atoms with Gasteiger partial charge in [-0.25, -0.2) is 4.98 Å². The molecule has 136 valence electrons. The second kappa shape index (κ2) is 9.18. The number of ether oxygens (including phenoxy) is 1. The predicted molar refractivity (Wildman–Crippen MR) is 104 cm³/mol. The third-order valence-electron chi connectivity index (χ3n) is 4.61. The second-order valence-corrected chi connectivity index (χ2v) is 6.63. The Kier molecular flexibility index (Phi) is 6.42. The summed E-state index contributed by atoms with van der Waals surface area (Å²) in [6.07, 6.45) is 9.52. The van der Waals surface area contributed by atoms with E-state index in [-0.39, 0.29) is 12.1 Å². The highest BCUT2D eigenvalue weighted by Gasteiger charge is 2.17. The molecule has 0 spiro atoms. The molecule has 0 N–H and O–H groups in total. The number of imidazole rings is 1. The number of carbonyl (C=O) groups excluding carboxylic acids is 1. The SMILES string of the molecule is CCCCCC(=O)OC(CCn1ccnc1)c1ccc2ccccc2c1. The van der Waals surface area contributed by atoms with Crippen LogP contribution >= 0.6 is 0 Å². The van der Waals surface area contributed by atoms with E-state index in [1.807, 2.05) is 22.9 Å². The van der Waals surface area contributed by atoms with Crippen LogP contribution in [0.15, 0.2) is 61.2 Å². The first kappa shape index (κ1) is 18.2. The number of benzene rings is 2. The van der Waals surface area contributed by atoms with Crippen LogP contribution in [0.2, 0.25) is 0 Å². The summed E-state index contributed by atoms with van der Waals surface area (Å²) in [6.45, 7) is 2.90. The number of rotatable bonds is 9. The quantitative estimate of drug-likeness (QED) is 0.389. The second-order valence-electron chi connectivity index (χ2n) is 6.63. The molecule has 1 heterocycles. The van der Waals surface area contributed by atoms with Gasteiger partial charge in [-0.1, -0.05) is 56.2 Å². The Balaban J connectivity index is 1.74. The van der Waals surface area contributed by atoms with Crippen molar-refractivity contribution in [2.75, 3.05) is 0 Å². The maximum atomic E-state index is 12.3. The maximum absolute atomic E-state index is 12.3. The monoisotopic (exact) mass is 350 g/mol. The molecular formula is C22H26N2O2. The fraction of sp³-hybridized carbons (Fsp3) is 0.364. The Morgan fingerprint density at radius 1 is 1.15 bits per heavy atom. The van der Waals surface area contributed by atoms with Crippen molar-refractivity contribution in [3.05, 3.63) is 66.7 Å². The lowest BCUT2D eigenvalue weighted by atomic mass is 10.0. The molecule has 0 saturated carbocycles. The minimum Gasteiger partial charge on any atom is -0.457 e. The summed E-state index contributed by atoms with van der Waals surface area (Å²) in [4.78, 5) is 16.4. The first-order valence-corrected chi connectivity index (χ1v) is 9.40. The summed E-state index contributed by atoms with van der Waals surface area (Å²) in [7, 11) is 0. The number of hydrogen-bond acceptors (Lipinski definition) is 3. The van der Waals surface area contributed by atoms with Crippen LogP contribution in [0.4, 0.5) is 0 Å². The van der Waals surface area contributed by atoms with Crippen molar-refractivity contribution in [1.82, 2.24) is 9.55 Å². The fourth-order valence-corrected chi connectivity index (χ4v) is 3.12. The van der Waals surface area contributed by atoms with Gasteiger partial charge in [-0.3, -0.25) is 4.79 Å². The number of carbonyl (C=O) groups is 1. The third-order valence-corrected chi connectivity index (χ3v) is 4.61. The lowest BCUT2D eigenvalue weighted by molar-refractivity contribution is -0.150. The zero-order valence-corrected chi connectivity index (χ0v) is 15.3. The lowest BCUT2D eigenvalue weighted by Gasteiger charge is -2.19. The van der Waals surface area contributed by atoms with Crippen LogP contribution in [-0.2, 0) is 16.1 Å². The Morgan fingerprint density at radius 3 is 2.77 bits per heavy atom. The van der Waals surface area contributed by atoms with Crippen LogP contribution in [0.25, 0.3) is 10.8 Å². The van der Waals surface area contributed by atoms with E-state index in [4.69, 9.17) is 4.74 Å². The van der Waals surface area contributed by atoms with Gasteiger partial charge >= 0.3 is 5.97 Å². The molecule has 2 aromatic carbocycles. The van der Waals surface area contributed by atoms with E-state index in [9.17, 15) is 4.79 Å². The summed E-state index contributed by atoms with van der Waals surface area (Å²) in [5.41, 5.74) is 1.05. The maximum Gasteiger partial charge on any atom is 0.306 e. The number of aromatic nitrogens is 2. The smallest absolute Gasteiger partial charge is 0.306 e. The van der Waals surface area contributed by atoms with Crippen molar-refractivity contribution in [2.24, 2.45) is 0 Å². The first-order valence-electron chi connectivity index (χ1n) is 9.40. The minimum absolute atomic E-state index is 0.109. The van der Waals surface area contributed by atoms with Gasteiger partial charge in [-0.05, 0) is 28.8 Å². The summed E-state index contributed by atoms with van der Waals surface area (Å²) >= 11 is 0. The van der Waals surface area contributed by atoms with Gasteiger partial charge in [0.25, 0.3) is 0 Å². The largest absolute Gasteiger partial charge is 0.457 e. The normalized spacial score (nSPS) is 12.2.